The minimum atomic E-state index is -0.802. The molecule has 0 saturated carbocycles. The number of hydrogen-bond donors (Lipinski definition) is 2. The summed E-state index contributed by atoms with van der Waals surface area (Å²) in [7, 11) is 3.02. The van der Waals surface area contributed by atoms with Crippen LogP contribution < -0.4 is 14.8 Å². The molecule has 2 N–H and O–H groups in total. The molecule has 138 valence electrons. The number of methoxy groups -OCH3 is 2. The number of amides is 1. The summed E-state index contributed by atoms with van der Waals surface area (Å²) >= 11 is 0. The van der Waals surface area contributed by atoms with Crippen molar-refractivity contribution in [3.8, 4) is 11.5 Å². The monoisotopic (exact) mass is 357 g/mol. The third-order valence-electron chi connectivity index (χ3n) is 4.00. The van der Waals surface area contributed by atoms with Crippen LogP contribution in [0.3, 0.4) is 0 Å². The fourth-order valence-electron chi connectivity index (χ4n) is 2.61. The molecule has 0 atom stereocenters. The quantitative estimate of drug-likeness (QED) is 0.721. The first kappa shape index (κ1) is 19.3. The summed E-state index contributed by atoms with van der Waals surface area (Å²) in [6, 6.07) is 12.9. The van der Waals surface area contributed by atoms with E-state index in [0.29, 0.717) is 36.4 Å². The molecular formula is C20H23NO5. The lowest BCUT2D eigenvalue weighted by Crippen LogP contribution is -2.26. The Bertz CT molecular complexity index is 733. The third kappa shape index (κ3) is 5.24. The highest BCUT2D eigenvalue weighted by atomic mass is 16.5. The Kier molecular flexibility index (Phi) is 7.02. The summed E-state index contributed by atoms with van der Waals surface area (Å²) in [5.74, 6) is -0.129. The van der Waals surface area contributed by atoms with Crippen LogP contribution >= 0.6 is 0 Å². The first-order valence-electron chi connectivity index (χ1n) is 8.34. The van der Waals surface area contributed by atoms with Gasteiger partial charge in [0.25, 0.3) is 5.91 Å². The van der Waals surface area contributed by atoms with E-state index in [-0.39, 0.29) is 12.3 Å². The molecule has 0 aliphatic carbocycles. The first-order valence-corrected chi connectivity index (χ1v) is 8.34. The molecule has 0 radical (unpaired) electrons. The summed E-state index contributed by atoms with van der Waals surface area (Å²) in [5.41, 5.74) is 2.43. The van der Waals surface area contributed by atoms with Crippen molar-refractivity contribution in [3.63, 3.8) is 0 Å². The maximum absolute atomic E-state index is 12.5. The summed E-state index contributed by atoms with van der Waals surface area (Å²) in [5, 5.41) is 11.6. The molecule has 2 aromatic rings. The number of aliphatic carboxylic acids is 1. The van der Waals surface area contributed by atoms with Crippen molar-refractivity contribution in [2.75, 3.05) is 20.8 Å². The number of rotatable bonds is 9. The van der Waals surface area contributed by atoms with Gasteiger partial charge in [-0.1, -0.05) is 30.3 Å². The second-order valence-electron chi connectivity index (χ2n) is 5.75. The summed E-state index contributed by atoms with van der Waals surface area (Å²) in [6.07, 6.45) is 1.30. The number of carboxylic acid groups (broad SMARTS) is 1. The molecule has 0 unspecified atom stereocenters. The topological polar surface area (TPSA) is 84.9 Å². The molecule has 2 rings (SSSR count). The van der Waals surface area contributed by atoms with Gasteiger partial charge in [0.15, 0.2) is 0 Å². The maximum atomic E-state index is 12.5. The SMILES string of the molecule is COc1cccc(OC)c1C(=O)NCCc1ccc(CCC(=O)O)cc1. The Balaban J connectivity index is 1.92. The van der Waals surface area contributed by atoms with Crippen molar-refractivity contribution >= 4 is 11.9 Å². The van der Waals surface area contributed by atoms with Gasteiger partial charge in [-0.25, -0.2) is 0 Å². The predicted octanol–water partition coefficient (Wildman–Crippen LogP) is 2.69. The van der Waals surface area contributed by atoms with Gasteiger partial charge in [0.05, 0.1) is 14.2 Å². The zero-order valence-electron chi connectivity index (χ0n) is 15.0. The lowest BCUT2D eigenvalue weighted by molar-refractivity contribution is -0.136. The minimum Gasteiger partial charge on any atom is -0.496 e. The second kappa shape index (κ2) is 9.46. The van der Waals surface area contributed by atoms with Crippen LogP contribution in [0, 0.1) is 0 Å². The van der Waals surface area contributed by atoms with Crippen LogP contribution in [0.15, 0.2) is 42.5 Å². The first-order chi connectivity index (χ1) is 12.5. The normalized spacial score (nSPS) is 10.2. The second-order valence-corrected chi connectivity index (χ2v) is 5.75. The third-order valence-corrected chi connectivity index (χ3v) is 4.00. The van der Waals surface area contributed by atoms with Crippen LogP contribution in [0.5, 0.6) is 11.5 Å². The van der Waals surface area contributed by atoms with Crippen LogP contribution in [-0.2, 0) is 17.6 Å². The number of nitrogens with one attached hydrogen (secondary N) is 1. The van der Waals surface area contributed by atoms with Gasteiger partial charge >= 0.3 is 5.97 Å². The highest BCUT2D eigenvalue weighted by Gasteiger charge is 2.17. The Labute approximate surface area is 152 Å². The van der Waals surface area contributed by atoms with E-state index in [1.165, 1.54) is 14.2 Å². The van der Waals surface area contributed by atoms with Crippen molar-refractivity contribution < 1.29 is 24.2 Å². The van der Waals surface area contributed by atoms with Gasteiger partial charge in [-0.05, 0) is 36.1 Å². The molecule has 0 saturated heterocycles. The van der Waals surface area contributed by atoms with Gasteiger partial charge in [-0.2, -0.15) is 0 Å². The zero-order chi connectivity index (χ0) is 18.9. The highest BCUT2D eigenvalue weighted by Crippen LogP contribution is 2.27. The molecule has 0 aliphatic heterocycles. The van der Waals surface area contributed by atoms with Crippen molar-refractivity contribution in [1.82, 2.24) is 5.32 Å². The van der Waals surface area contributed by atoms with Crippen LogP contribution in [0.25, 0.3) is 0 Å². The molecule has 0 heterocycles. The minimum absolute atomic E-state index is 0.121. The van der Waals surface area contributed by atoms with E-state index in [9.17, 15) is 9.59 Å². The van der Waals surface area contributed by atoms with Gasteiger partial charge in [-0.15, -0.1) is 0 Å². The van der Waals surface area contributed by atoms with Crippen molar-refractivity contribution in [1.29, 1.82) is 0 Å². The smallest absolute Gasteiger partial charge is 0.303 e. The lowest BCUT2D eigenvalue weighted by Gasteiger charge is -2.13. The molecule has 0 aromatic heterocycles. The van der Waals surface area contributed by atoms with Crippen molar-refractivity contribution in [2.24, 2.45) is 0 Å². The van der Waals surface area contributed by atoms with Crippen LogP contribution in [0.1, 0.15) is 27.9 Å². The summed E-state index contributed by atoms with van der Waals surface area (Å²) in [6.45, 7) is 0.467. The van der Waals surface area contributed by atoms with E-state index in [2.05, 4.69) is 5.32 Å². The maximum Gasteiger partial charge on any atom is 0.303 e. The Morgan fingerprint density at radius 2 is 1.46 bits per heavy atom. The molecule has 0 spiro atoms. The number of carboxylic acids is 1. The molecule has 6 heteroatoms. The molecule has 26 heavy (non-hydrogen) atoms. The predicted molar refractivity (Wildman–Crippen MR) is 98.0 cm³/mol. The highest BCUT2D eigenvalue weighted by molar-refractivity contribution is 5.99. The largest absolute Gasteiger partial charge is 0.496 e. The number of aryl methyl sites for hydroxylation is 1. The Morgan fingerprint density at radius 3 is 1.96 bits per heavy atom. The van der Waals surface area contributed by atoms with Gasteiger partial charge in [-0.3, -0.25) is 9.59 Å². The molecule has 0 aliphatic rings. The van der Waals surface area contributed by atoms with Gasteiger partial charge < -0.3 is 19.9 Å². The molecule has 6 nitrogen and oxygen atoms in total. The number of benzene rings is 2. The van der Waals surface area contributed by atoms with Crippen LogP contribution in [0.2, 0.25) is 0 Å². The molecule has 0 fully saturated rings. The number of carbonyl (C=O) groups is 2. The number of hydrogen-bond acceptors (Lipinski definition) is 4. The summed E-state index contributed by atoms with van der Waals surface area (Å²) < 4.78 is 10.5. The lowest BCUT2D eigenvalue weighted by atomic mass is 10.1. The van der Waals surface area contributed by atoms with Gasteiger partial charge in [0.1, 0.15) is 17.1 Å². The van der Waals surface area contributed by atoms with Crippen LogP contribution in [0.4, 0.5) is 0 Å². The van der Waals surface area contributed by atoms with E-state index in [0.717, 1.165) is 11.1 Å². The fraction of sp³-hybridized carbons (Fsp3) is 0.300. The van der Waals surface area contributed by atoms with E-state index in [1.54, 1.807) is 18.2 Å². The molecule has 2 aromatic carbocycles. The van der Waals surface area contributed by atoms with Crippen LogP contribution in [-0.4, -0.2) is 37.7 Å². The average Bonchev–Trinajstić information content (AvgIpc) is 2.66. The Hall–Kier alpha value is -3.02. The van der Waals surface area contributed by atoms with Crippen molar-refractivity contribution in [3.05, 3.63) is 59.2 Å². The summed E-state index contributed by atoms with van der Waals surface area (Å²) in [4.78, 5) is 23.1. The zero-order valence-corrected chi connectivity index (χ0v) is 15.0. The fourth-order valence-corrected chi connectivity index (χ4v) is 2.61. The molecule has 0 bridgehead atoms. The standard InChI is InChI=1S/C20H23NO5/c1-25-16-4-3-5-17(26-2)19(16)20(24)21-13-12-15-8-6-14(7-9-15)10-11-18(22)23/h3-9H,10-13H2,1-2H3,(H,21,24)(H,22,23). The van der Waals surface area contributed by atoms with E-state index in [1.807, 2.05) is 24.3 Å². The van der Waals surface area contributed by atoms with E-state index in [4.69, 9.17) is 14.6 Å². The molecular weight excluding hydrogens is 334 g/mol. The number of ether oxygens (including phenoxy) is 2. The van der Waals surface area contributed by atoms with E-state index < -0.39 is 5.97 Å². The average molecular weight is 357 g/mol. The van der Waals surface area contributed by atoms with Gasteiger partial charge in [0.2, 0.25) is 0 Å². The Morgan fingerprint density at radius 1 is 0.923 bits per heavy atom. The van der Waals surface area contributed by atoms with Gasteiger partial charge in [0, 0.05) is 13.0 Å². The number of carbonyl (C=O) groups excluding carboxylic acids is 1. The molecule has 1 amide bonds. The van der Waals surface area contributed by atoms with E-state index >= 15 is 0 Å². The van der Waals surface area contributed by atoms with Crippen molar-refractivity contribution in [2.45, 2.75) is 19.3 Å².